The molecule has 14 heavy (non-hydrogen) atoms. The van der Waals surface area contributed by atoms with Crippen molar-refractivity contribution < 1.29 is 13.6 Å². The predicted octanol–water partition coefficient (Wildman–Crippen LogP) is 3.38. The van der Waals surface area contributed by atoms with E-state index in [4.69, 9.17) is 9.05 Å². The standard InChI is InChI=1S/C8H14IO3PSe/c1-3-11-13(10,12-4-2)8-7(9)5-6-14-8/h3-6H2,1-2H3. The fourth-order valence-corrected chi connectivity index (χ4v) is 9.21. The third kappa shape index (κ3) is 3.06. The van der Waals surface area contributed by atoms with E-state index in [0.29, 0.717) is 28.2 Å². The normalized spacial score (nSPS) is 17.9. The molecule has 0 atom stereocenters. The van der Waals surface area contributed by atoms with Crippen LogP contribution in [0.5, 0.6) is 0 Å². The van der Waals surface area contributed by atoms with Crippen LogP contribution in [-0.4, -0.2) is 28.2 Å². The van der Waals surface area contributed by atoms with Gasteiger partial charge < -0.3 is 0 Å². The monoisotopic (exact) mass is 396 g/mol. The van der Waals surface area contributed by atoms with Crippen LogP contribution in [-0.2, 0) is 13.6 Å². The molecular weight excluding hydrogens is 381 g/mol. The van der Waals surface area contributed by atoms with E-state index in [0.717, 1.165) is 16.0 Å². The van der Waals surface area contributed by atoms with Crippen LogP contribution in [0.3, 0.4) is 0 Å². The number of halogens is 1. The van der Waals surface area contributed by atoms with Gasteiger partial charge in [0.2, 0.25) is 0 Å². The second-order valence-electron chi connectivity index (χ2n) is 2.64. The summed E-state index contributed by atoms with van der Waals surface area (Å²) >= 11 is 2.56. The molecule has 0 aromatic rings. The van der Waals surface area contributed by atoms with Gasteiger partial charge in [0.05, 0.1) is 0 Å². The van der Waals surface area contributed by atoms with Gasteiger partial charge in [0.25, 0.3) is 0 Å². The third-order valence-corrected chi connectivity index (χ3v) is 9.96. The van der Waals surface area contributed by atoms with Gasteiger partial charge in [-0.1, -0.05) is 0 Å². The zero-order valence-electron chi connectivity index (χ0n) is 8.29. The second-order valence-corrected chi connectivity index (χ2v) is 8.90. The van der Waals surface area contributed by atoms with Gasteiger partial charge in [-0.3, -0.25) is 0 Å². The van der Waals surface area contributed by atoms with E-state index in [1.54, 1.807) is 0 Å². The summed E-state index contributed by atoms with van der Waals surface area (Å²) < 4.78 is 25.1. The van der Waals surface area contributed by atoms with E-state index in [2.05, 4.69) is 22.6 Å². The molecule has 0 spiro atoms. The average molecular weight is 395 g/mol. The first-order valence-corrected chi connectivity index (χ1v) is 9.24. The molecule has 0 radical (unpaired) electrons. The molecule has 0 unspecified atom stereocenters. The first kappa shape index (κ1) is 13.2. The van der Waals surface area contributed by atoms with Crippen LogP contribution in [0.1, 0.15) is 20.3 Å². The van der Waals surface area contributed by atoms with E-state index in [1.165, 1.54) is 3.58 Å². The zero-order chi connectivity index (χ0) is 10.6. The Labute approximate surface area is 105 Å². The molecule has 1 rings (SSSR count). The molecule has 1 heterocycles. The SMILES string of the molecule is CCOP(=O)(OCC)C1=C(I)CC[Se]1. The van der Waals surface area contributed by atoms with Crippen molar-refractivity contribution in [2.45, 2.75) is 25.6 Å². The van der Waals surface area contributed by atoms with Crippen molar-refractivity contribution in [1.82, 2.24) is 0 Å². The summed E-state index contributed by atoms with van der Waals surface area (Å²) in [6, 6.07) is 0. The zero-order valence-corrected chi connectivity index (χ0v) is 13.1. The minimum atomic E-state index is -2.92. The summed E-state index contributed by atoms with van der Waals surface area (Å²) in [5.41, 5.74) is 0. The number of rotatable bonds is 5. The molecule has 0 bridgehead atoms. The number of hydrogen-bond donors (Lipinski definition) is 0. The molecule has 0 fully saturated rings. The van der Waals surface area contributed by atoms with E-state index in [1.807, 2.05) is 13.8 Å². The van der Waals surface area contributed by atoms with Crippen LogP contribution < -0.4 is 0 Å². The minimum absolute atomic E-state index is 0.302. The number of allylic oxidation sites excluding steroid dienone is 1. The van der Waals surface area contributed by atoms with E-state index in [9.17, 15) is 4.57 Å². The topological polar surface area (TPSA) is 35.5 Å². The van der Waals surface area contributed by atoms with Crippen LogP contribution in [0.25, 0.3) is 0 Å². The molecule has 0 saturated heterocycles. The van der Waals surface area contributed by atoms with Crippen molar-refractivity contribution in [2.24, 2.45) is 0 Å². The molecule has 1 aliphatic heterocycles. The van der Waals surface area contributed by atoms with Crippen LogP contribution in [0, 0.1) is 0 Å². The Morgan fingerprint density at radius 2 is 2.00 bits per heavy atom. The van der Waals surface area contributed by atoms with Crippen molar-refractivity contribution in [3.63, 3.8) is 0 Å². The van der Waals surface area contributed by atoms with Gasteiger partial charge in [-0.25, -0.2) is 0 Å². The van der Waals surface area contributed by atoms with Crippen LogP contribution in [0.2, 0.25) is 5.32 Å². The van der Waals surface area contributed by atoms with Crippen molar-refractivity contribution in [3.8, 4) is 0 Å². The molecule has 0 aliphatic carbocycles. The van der Waals surface area contributed by atoms with Crippen LogP contribution in [0.4, 0.5) is 0 Å². The van der Waals surface area contributed by atoms with E-state index >= 15 is 0 Å². The molecular formula is C8H14IO3PSe. The van der Waals surface area contributed by atoms with Crippen molar-refractivity contribution in [3.05, 3.63) is 7.79 Å². The quantitative estimate of drug-likeness (QED) is 0.407. The fraction of sp³-hybridized carbons (Fsp3) is 0.750. The van der Waals surface area contributed by atoms with Crippen molar-refractivity contribution in [2.75, 3.05) is 13.2 Å². The molecule has 6 heteroatoms. The third-order valence-electron chi connectivity index (χ3n) is 1.64. The molecule has 0 saturated carbocycles. The van der Waals surface area contributed by atoms with E-state index < -0.39 is 7.60 Å². The summed E-state index contributed by atoms with van der Waals surface area (Å²) in [5.74, 6) is 0. The van der Waals surface area contributed by atoms with Gasteiger partial charge in [0, 0.05) is 0 Å². The first-order chi connectivity index (χ1) is 6.64. The summed E-state index contributed by atoms with van der Waals surface area (Å²) in [7, 11) is -2.92. The Balaban J connectivity index is 2.87. The average Bonchev–Trinajstić information content (AvgIpc) is 2.52. The molecule has 0 aromatic carbocycles. The molecule has 0 N–H and O–H groups in total. The van der Waals surface area contributed by atoms with Crippen molar-refractivity contribution >= 4 is 45.1 Å². The summed E-state index contributed by atoms with van der Waals surface area (Å²) in [5, 5.41) is 1.13. The maximum atomic E-state index is 12.3. The van der Waals surface area contributed by atoms with Gasteiger partial charge in [-0.05, 0) is 0 Å². The summed E-state index contributed by atoms with van der Waals surface area (Å²) in [6.45, 7) is 4.59. The summed E-state index contributed by atoms with van der Waals surface area (Å²) in [6.07, 6.45) is 1.04. The Kier molecular flexibility index (Phi) is 5.68. The molecule has 82 valence electrons. The van der Waals surface area contributed by atoms with Gasteiger partial charge in [-0.15, -0.1) is 0 Å². The maximum absolute atomic E-state index is 12.3. The van der Waals surface area contributed by atoms with Gasteiger partial charge in [-0.2, -0.15) is 0 Å². The van der Waals surface area contributed by atoms with Gasteiger partial charge in [0.1, 0.15) is 0 Å². The van der Waals surface area contributed by atoms with Crippen LogP contribution in [0.15, 0.2) is 7.79 Å². The molecule has 1 aliphatic rings. The van der Waals surface area contributed by atoms with Gasteiger partial charge in [0.15, 0.2) is 0 Å². The number of hydrogen-bond acceptors (Lipinski definition) is 3. The van der Waals surface area contributed by atoms with Gasteiger partial charge >= 0.3 is 105 Å². The van der Waals surface area contributed by atoms with Crippen LogP contribution >= 0.6 is 30.2 Å². The van der Waals surface area contributed by atoms with Crippen molar-refractivity contribution in [1.29, 1.82) is 0 Å². The fourth-order valence-electron chi connectivity index (χ4n) is 1.14. The second kappa shape index (κ2) is 6.02. The Morgan fingerprint density at radius 1 is 1.43 bits per heavy atom. The Hall–Kier alpha value is 1.14. The molecule has 0 aromatic heterocycles. The Bertz CT molecular complexity index is 270. The summed E-state index contributed by atoms with van der Waals surface area (Å²) in [4.78, 5) is 0. The Morgan fingerprint density at radius 3 is 2.36 bits per heavy atom. The molecule has 3 nitrogen and oxygen atoms in total. The first-order valence-electron chi connectivity index (χ1n) is 4.55. The van der Waals surface area contributed by atoms with E-state index in [-0.39, 0.29) is 0 Å². The predicted molar refractivity (Wildman–Crippen MR) is 67.1 cm³/mol. The molecule has 0 amide bonds.